The van der Waals surface area contributed by atoms with Gasteiger partial charge in [0.1, 0.15) is 0 Å². The number of Topliss-reactive ketones (excluding diaryl/α,β-unsaturated/α-hetero) is 1. The van der Waals surface area contributed by atoms with Crippen molar-refractivity contribution in [2.75, 3.05) is 6.54 Å². The fraction of sp³-hybridized carbons (Fsp3) is 0.875. The number of ketones is 1. The molecule has 2 rings (SSSR count). The molecule has 0 radical (unpaired) electrons. The van der Waals surface area contributed by atoms with E-state index in [0.29, 0.717) is 28.3 Å². The highest BCUT2D eigenvalue weighted by Gasteiger charge is 2.43. The molecule has 62 valence electrons. The molecule has 2 aliphatic rings. The van der Waals surface area contributed by atoms with Gasteiger partial charge >= 0.3 is 0 Å². The fourth-order valence-electron chi connectivity index (χ4n) is 2.18. The monoisotopic (exact) mass is 265 g/mol. The van der Waals surface area contributed by atoms with E-state index in [-0.39, 0.29) is 0 Å². The summed E-state index contributed by atoms with van der Waals surface area (Å²) in [4.78, 5) is 13.7. The second kappa shape index (κ2) is 2.69. The van der Waals surface area contributed by atoms with Gasteiger partial charge in [-0.05, 0) is 19.8 Å². The molecule has 0 spiro atoms. The van der Waals surface area contributed by atoms with Crippen molar-refractivity contribution in [1.82, 2.24) is 4.90 Å². The minimum absolute atomic E-state index is 0.362. The molecule has 2 fully saturated rings. The SMILES string of the molecule is CC1C2CCC(I)N1CC2=O. The number of hydrogen-bond donors (Lipinski definition) is 0. The van der Waals surface area contributed by atoms with Gasteiger partial charge in [0.2, 0.25) is 0 Å². The van der Waals surface area contributed by atoms with Crippen LogP contribution in [0.25, 0.3) is 0 Å². The second-order valence-corrected chi connectivity index (χ2v) is 4.94. The molecule has 0 aliphatic carbocycles. The van der Waals surface area contributed by atoms with Crippen LogP contribution in [0.1, 0.15) is 19.8 Å². The first-order valence-electron chi connectivity index (χ1n) is 4.12. The number of piperidine rings is 1. The van der Waals surface area contributed by atoms with Crippen molar-refractivity contribution >= 4 is 28.4 Å². The smallest absolute Gasteiger partial charge is 0.151 e. The third kappa shape index (κ3) is 1.13. The summed E-state index contributed by atoms with van der Waals surface area (Å²) in [5.74, 6) is 0.831. The molecule has 11 heavy (non-hydrogen) atoms. The normalized spacial score (nSPS) is 49.8. The third-order valence-electron chi connectivity index (χ3n) is 2.93. The standard InChI is InChI=1S/C8H12INO/c1-5-6-2-3-8(9)10(5)4-7(6)11/h5-6,8H,2-4H2,1H3. The van der Waals surface area contributed by atoms with Crippen molar-refractivity contribution in [2.45, 2.75) is 29.9 Å². The van der Waals surface area contributed by atoms with Gasteiger partial charge in [0.05, 0.1) is 10.6 Å². The van der Waals surface area contributed by atoms with E-state index in [9.17, 15) is 4.79 Å². The van der Waals surface area contributed by atoms with Crippen LogP contribution in [0.5, 0.6) is 0 Å². The van der Waals surface area contributed by atoms with Gasteiger partial charge in [-0.3, -0.25) is 9.69 Å². The van der Waals surface area contributed by atoms with Gasteiger partial charge in [-0.25, -0.2) is 0 Å². The Kier molecular flexibility index (Phi) is 1.95. The first-order chi connectivity index (χ1) is 5.20. The van der Waals surface area contributed by atoms with Gasteiger partial charge in [-0.15, -0.1) is 0 Å². The zero-order valence-electron chi connectivity index (χ0n) is 6.59. The van der Waals surface area contributed by atoms with Crippen molar-refractivity contribution in [3.63, 3.8) is 0 Å². The Balaban J connectivity index is 2.23. The summed E-state index contributed by atoms with van der Waals surface area (Å²) in [7, 11) is 0. The third-order valence-corrected chi connectivity index (χ3v) is 4.27. The molecular formula is C8H12INO. The zero-order chi connectivity index (χ0) is 8.01. The van der Waals surface area contributed by atoms with Crippen molar-refractivity contribution in [3.8, 4) is 0 Å². The molecule has 0 N–H and O–H groups in total. The Hall–Kier alpha value is 0.360. The molecule has 3 heteroatoms. The molecule has 2 saturated heterocycles. The maximum Gasteiger partial charge on any atom is 0.151 e. The lowest BCUT2D eigenvalue weighted by atomic mass is 9.93. The molecule has 0 aromatic heterocycles. The maximum atomic E-state index is 11.4. The molecule has 0 aromatic carbocycles. The van der Waals surface area contributed by atoms with Gasteiger partial charge < -0.3 is 0 Å². The minimum atomic E-state index is 0.362. The van der Waals surface area contributed by atoms with E-state index in [4.69, 9.17) is 0 Å². The van der Waals surface area contributed by atoms with E-state index < -0.39 is 0 Å². The van der Waals surface area contributed by atoms with Crippen LogP contribution in [0.15, 0.2) is 0 Å². The Morgan fingerprint density at radius 1 is 1.55 bits per heavy atom. The lowest BCUT2D eigenvalue weighted by molar-refractivity contribution is -0.119. The number of carbonyl (C=O) groups excluding carboxylic acids is 1. The van der Waals surface area contributed by atoms with Crippen LogP contribution < -0.4 is 0 Å². The lowest BCUT2D eigenvalue weighted by Crippen LogP contribution is -2.39. The number of nitrogens with zero attached hydrogens (tertiary/aromatic N) is 1. The Labute approximate surface area is 80.5 Å². The van der Waals surface area contributed by atoms with Gasteiger partial charge in [0.25, 0.3) is 0 Å². The van der Waals surface area contributed by atoms with Crippen LogP contribution in [0.4, 0.5) is 0 Å². The highest BCUT2D eigenvalue weighted by Crippen LogP contribution is 2.36. The van der Waals surface area contributed by atoms with E-state index in [0.717, 1.165) is 6.42 Å². The van der Waals surface area contributed by atoms with Crippen LogP contribution in [0, 0.1) is 5.92 Å². The van der Waals surface area contributed by atoms with Crippen LogP contribution in [-0.2, 0) is 4.79 Å². The van der Waals surface area contributed by atoms with Crippen molar-refractivity contribution in [1.29, 1.82) is 0 Å². The second-order valence-electron chi connectivity index (χ2n) is 3.50. The molecular weight excluding hydrogens is 253 g/mol. The molecule has 0 aromatic rings. The van der Waals surface area contributed by atoms with Crippen molar-refractivity contribution < 1.29 is 4.79 Å². The van der Waals surface area contributed by atoms with Crippen molar-refractivity contribution in [3.05, 3.63) is 0 Å². The van der Waals surface area contributed by atoms with E-state index >= 15 is 0 Å². The fourth-order valence-corrected chi connectivity index (χ4v) is 3.24. The number of alkyl halides is 1. The largest absolute Gasteiger partial charge is 0.298 e. The lowest BCUT2D eigenvalue weighted by Gasteiger charge is -2.33. The number of halogens is 1. The molecule has 2 aliphatic heterocycles. The number of carbonyl (C=O) groups is 1. The summed E-state index contributed by atoms with van der Waals surface area (Å²) >= 11 is 2.44. The summed E-state index contributed by atoms with van der Waals surface area (Å²) in [5.41, 5.74) is 0. The van der Waals surface area contributed by atoms with E-state index in [1.807, 2.05) is 0 Å². The first-order valence-corrected chi connectivity index (χ1v) is 5.37. The van der Waals surface area contributed by atoms with Crippen LogP contribution in [-0.4, -0.2) is 27.3 Å². The molecule has 2 bridgehead atoms. The molecule has 0 saturated carbocycles. The highest BCUT2D eigenvalue weighted by atomic mass is 127. The van der Waals surface area contributed by atoms with E-state index in [2.05, 4.69) is 34.4 Å². The van der Waals surface area contributed by atoms with Gasteiger partial charge in [-0.1, -0.05) is 22.6 Å². The summed E-state index contributed by atoms with van der Waals surface area (Å²) in [6.45, 7) is 2.89. The molecule has 4 unspecified atom stereocenters. The first kappa shape index (κ1) is 7.98. The Bertz CT molecular complexity index is 195. The molecule has 2 nitrogen and oxygen atoms in total. The summed E-state index contributed by atoms with van der Waals surface area (Å²) in [6, 6.07) is 0.512. The quantitative estimate of drug-likeness (QED) is 0.375. The molecule has 4 atom stereocenters. The number of fused-ring (bicyclic) bond motifs is 2. The van der Waals surface area contributed by atoms with Crippen LogP contribution >= 0.6 is 22.6 Å². The van der Waals surface area contributed by atoms with Gasteiger partial charge in [-0.2, -0.15) is 0 Å². The maximum absolute atomic E-state index is 11.4. The topological polar surface area (TPSA) is 20.3 Å². The Morgan fingerprint density at radius 2 is 2.27 bits per heavy atom. The minimum Gasteiger partial charge on any atom is -0.298 e. The summed E-state index contributed by atoms with van der Waals surface area (Å²) < 4.78 is 0.602. The average Bonchev–Trinajstić information content (AvgIpc) is 2.12. The molecule has 0 amide bonds. The van der Waals surface area contributed by atoms with Crippen LogP contribution in [0.2, 0.25) is 0 Å². The van der Waals surface area contributed by atoms with Gasteiger partial charge in [0.15, 0.2) is 5.78 Å². The summed E-state index contributed by atoms with van der Waals surface area (Å²) in [6.07, 6.45) is 2.31. The van der Waals surface area contributed by atoms with E-state index in [1.54, 1.807) is 0 Å². The van der Waals surface area contributed by atoms with Crippen LogP contribution in [0.3, 0.4) is 0 Å². The van der Waals surface area contributed by atoms with E-state index in [1.165, 1.54) is 6.42 Å². The number of hydrogen-bond acceptors (Lipinski definition) is 2. The Morgan fingerprint density at radius 3 is 2.91 bits per heavy atom. The average molecular weight is 265 g/mol. The van der Waals surface area contributed by atoms with Gasteiger partial charge in [0, 0.05) is 12.0 Å². The predicted octanol–water partition coefficient (Wildman–Crippen LogP) is 1.43. The zero-order valence-corrected chi connectivity index (χ0v) is 8.74. The summed E-state index contributed by atoms with van der Waals surface area (Å²) in [5, 5.41) is 0. The highest BCUT2D eigenvalue weighted by molar-refractivity contribution is 14.1. The predicted molar refractivity (Wildman–Crippen MR) is 51.7 cm³/mol. The molecule has 2 heterocycles. The van der Waals surface area contributed by atoms with Crippen molar-refractivity contribution in [2.24, 2.45) is 5.92 Å². The number of rotatable bonds is 0.